The molecule has 0 saturated heterocycles. The van der Waals surface area contributed by atoms with Crippen LogP contribution in [0.2, 0.25) is 0 Å². The lowest BCUT2D eigenvalue weighted by Gasteiger charge is -2.41. The number of amides is 1. The van der Waals surface area contributed by atoms with Crippen molar-refractivity contribution < 1.29 is 14.6 Å². The molecule has 0 radical (unpaired) electrons. The van der Waals surface area contributed by atoms with Gasteiger partial charge in [0.2, 0.25) is 0 Å². The Morgan fingerprint density at radius 3 is 2.42 bits per heavy atom. The fraction of sp³-hybridized carbons (Fsp3) is 0.778. The zero-order chi connectivity index (χ0) is 16.9. The van der Waals surface area contributed by atoms with E-state index in [1.807, 2.05) is 14.0 Å². The van der Waals surface area contributed by atoms with Crippen molar-refractivity contribution in [2.75, 3.05) is 5.32 Å². The number of aliphatic hydroxyl groups is 1. The van der Waals surface area contributed by atoms with E-state index in [-0.39, 0.29) is 12.2 Å². The van der Waals surface area contributed by atoms with Gasteiger partial charge < -0.3 is 9.84 Å². The molecule has 3 aliphatic rings. The van der Waals surface area contributed by atoms with Crippen LogP contribution in [0.5, 0.6) is 0 Å². The zero-order valence-electron chi connectivity index (χ0n) is 14.5. The van der Waals surface area contributed by atoms with Crippen molar-refractivity contribution in [3.05, 3.63) is 11.3 Å². The number of rotatable bonds is 4. The van der Waals surface area contributed by atoms with Crippen molar-refractivity contribution in [3.63, 3.8) is 0 Å². The number of carbonyl (C=O) groups excluding carboxylic acids is 1. The van der Waals surface area contributed by atoms with Crippen molar-refractivity contribution >= 4 is 11.9 Å². The molecule has 1 heterocycles. The summed E-state index contributed by atoms with van der Waals surface area (Å²) >= 11 is 0. The molecule has 3 aliphatic carbocycles. The minimum Gasteiger partial charge on any atom is -0.446 e. The van der Waals surface area contributed by atoms with Crippen LogP contribution in [0.15, 0.2) is 0 Å². The topological polar surface area (TPSA) is 76.4 Å². The Balaban J connectivity index is 1.55. The van der Waals surface area contributed by atoms with Crippen LogP contribution < -0.4 is 5.32 Å². The molecule has 3 saturated carbocycles. The Hall–Kier alpha value is -1.56. The average molecular weight is 333 g/mol. The van der Waals surface area contributed by atoms with E-state index in [0.29, 0.717) is 11.8 Å². The maximum atomic E-state index is 12.2. The largest absolute Gasteiger partial charge is 0.446 e. The first kappa shape index (κ1) is 15.9. The van der Waals surface area contributed by atoms with Crippen LogP contribution in [0.3, 0.4) is 0 Å². The number of hydrogen-bond acceptors (Lipinski definition) is 4. The van der Waals surface area contributed by atoms with Gasteiger partial charge in [-0.15, -0.1) is 0 Å². The number of aryl methyl sites for hydroxylation is 1. The van der Waals surface area contributed by atoms with E-state index in [2.05, 4.69) is 5.32 Å². The molecule has 6 heteroatoms. The molecule has 24 heavy (non-hydrogen) atoms. The fourth-order valence-electron chi connectivity index (χ4n) is 4.07. The fourth-order valence-corrected chi connectivity index (χ4v) is 4.07. The molecule has 3 fully saturated rings. The SMILES string of the molecule is Cn1nc(C2CC(C)(O)C2)c(C2CCC2)c1NC(=O)OC1CCC1. The second-order valence-electron chi connectivity index (χ2n) is 8.08. The van der Waals surface area contributed by atoms with Crippen molar-refractivity contribution in [2.24, 2.45) is 7.05 Å². The summed E-state index contributed by atoms with van der Waals surface area (Å²) in [4.78, 5) is 12.2. The molecule has 1 aromatic rings. The predicted molar refractivity (Wildman–Crippen MR) is 90.1 cm³/mol. The molecule has 1 amide bonds. The summed E-state index contributed by atoms with van der Waals surface area (Å²) in [6.45, 7) is 1.88. The predicted octanol–water partition coefficient (Wildman–Crippen LogP) is 3.42. The van der Waals surface area contributed by atoms with Gasteiger partial charge in [0.1, 0.15) is 11.9 Å². The van der Waals surface area contributed by atoms with Crippen LogP contribution in [-0.4, -0.2) is 32.7 Å². The third-order valence-corrected chi connectivity index (χ3v) is 5.93. The van der Waals surface area contributed by atoms with E-state index in [0.717, 1.165) is 56.5 Å². The molecule has 132 valence electrons. The van der Waals surface area contributed by atoms with E-state index in [1.54, 1.807) is 4.68 Å². The van der Waals surface area contributed by atoms with Crippen LogP contribution in [0.25, 0.3) is 0 Å². The Bertz CT molecular complexity index is 636. The van der Waals surface area contributed by atoms with Gasteiger partial charge in [-0.1, -0.05) is 6.42 Å². The van der Waals surface area contributed by atoms with E-state index >= 15 is 0 Å². The van der Waals surface area contributed by atoms with Gasteiger partial charge in [0, 0.05) is 18.5 Å². The molecule has 0 bridgehead atoms. The molecule has 6 nitrogen and oxygen atoms in total. The van der Waals surface area contributed by atoms with Crippen LogP contribution in [0.1, 0.15) is 81.4 Å². The highest BCUT2D eigenvalue weighted by atomic mass is 16.6. The quantitative estimate of drug-likeness (QED) is 0.885. The van der Waals surface area contributed by atoms with Gasteiger partial charge in [0.15, 0.2) is 0 Å². The zero-order valence-corrected chi connectivity index (χ0v) is 14.5. The van der Waals surface area contributed by atoms with Crippen molar-refractivity contribution in [3.8, 4) is 0 Å². The van der Waals surface area contributed by atoms with Gasteiger partial charge >= 0.3 is 6.09 Å². The second kappa shape index (κ2) is 5.76. The highest BCUT2D eigenvalue weighted by molar-refractivity contribution is 5.85. The number of nitrogens with one attached hydrogen (secondary N) is 1. The minimum atomic E-state index is -0.574. The molecule has 1 aromatic heterocycles. The number of ether oxygens (including phenoxy) is 1. The average Bonchev–Trinajstić information content (AvgIpc) is 2.67. The maximum absolute atomic E-state index is 12.2. The van der Waals surface area contributed by atoms with Gasteiger partial charge in [0.25, 0.3) is 0 Å². The number of anilines is 1. The molecule has 0 aromatic carbocycles. The third-order valence-electron chi connectivity index (χ3n) is 5.93. The Labute approximate surface area is 142 Å². The second-order valence-corrected chi connectivity index (χ2v) is 8.08. The lowest BCUT2D eigenvalue weighted by molar-refractivity contribution is -0.0327. The number of hydrogen-bond donors (Lipinski definition) is 2. The Morgan fingerprint density at radius 1 is 1.25 bits per heavy atom. The highest BCUT2D eigenvalue weighted by Gasteiger charge is 2.43. The van der Waals surface area contributed by atoms with Crippen molar-refractivity contribution in [1.82, 2.24) is 9.78 Å². The lowest BCUT2D eigenvalue weighted by Crippen LogP contribution is -2.40. The molecule has 2 N–H and O–H groups in total. The maximum Gasteiger partial charge on any atom is 0.413 e. The molecular formula is C18H27N3O3. The van der Waals surface area contributed by atoms with Gasteiger partial charge in [-0.3, -0.25) is 10.00 Å². The first-order valence-corrected chi connectivity index (χ1v) is 9.20. The number of carbonyl (C=O) groups is 1. The normalized spacial score (nSPS) is 30.2. The monoisotopic (exact) mass is 333 g/mol. The van der Waals surface area contributed by atoms with Crippen LogP contribution in [0, 0.1) is 0 Å². The van der Waals surface area contributed by atoms with E-state index in [4.69, 9.17) is 9.84 Å². The lowest BCUT2D eigenvalue weighted by atomic mass is 9.68. The molecule has 0 atom stereocenters. The summed E-state index contributed by atoms with van der Waals surface area (Å²) in [6, 6.07) is 0. The number of aromatic nitrogens is 2. The minimum absolute atomic E-state index is 0.0755. The summed E-state index contributed by atoms with van der Waals surface area (Å²) in [5.41, 5.74) is 1.66. The van der Waals surface area contributed by atoms with E-state index in [9.17, 15) is 9.90 Å². The van der Waals surface area contributed by atoms with Crippen LogP contribution in [0.4, 0.5) is 10.6 Å². The van der Waals surface area contributed by atoms with Crippen molar-refractivity contribution in [1.29, 1.82) is 0 Å². The molecule has 4 rings (SSSR count). The van der Waals surface area contributed by atoms with E-state index < -0.39 is 5.60 Å². The Morgan fingerprint density at radius 2 is 1.92 bits per heavy atom. The molecule has 0 aliphatic heterocycles. The first-order valence-electron chi connectivity index (χ1n) is 9.20. The summed E-state index contributed by atoms with van der Waals surface area (Å²) in [6.07, 6.45) is 7.80. The third kappa shape index (κ3) is 2.81. The van der Waals surface area contributed by atoms with E-state index in [1.165, 1.54) is 12.0 Å². The summed E-state index contributed by atoms with van der Waals surface area (Å²) < 4.78 is 7.22. The van der Waals surface area contributed by atoms with Crippen molar-refractivity contribution in [2.45, 2.75) is 81.8 Å². The standard InChI is InChI=1S/C18H27N3O3/c1-18(23)9-12(10-18)15-14(11-5-3-6-11)16(21(2)20-15)19-17(22)24-13-7-4-8-13/h11-13,23H,3-10H2,1-2H3,(H,19,22). The molecule has 0 unspecified atom stereocenters. The van der Waals surface area contributed by atoms with Crippen LogP contribution >= 0.6 is 0 Å². The first-order chi connectivity index (χ1) is 11.4. The summed E-state index contributed by atoms with van der Waals surface area (Å²) in [7, 11) is 1.88. The Kier molecular flexibility index (Phi) is 3.82. The van der Waals surface area contributed by atoms with Crippen LogP contribution in [-0.2, 0) is 11.8 Å². The molecular weight excluding hydrogens is 306 g/mol. The smallest absolute Gasteiger partial charge is 0.413 e. The highest BCUT2D eigenvalue weighted by Crippen LogP contribution is 2.50. The molecule has 0 spiro atoms. The van der Waals surface area contributed by atoms with Gasteiger partial charge in [-0.2, -0.15) is 5.10 Å². The summed E-state index contributed by atoms with van der Waals surface area (Å²) in [5.74, 6) is 1.55. The van der Waals surface area contributed by atoms with Gasteiger partial charge in [0.05, 0.1) is 11.3 Å². The number of nitrogens with zero attached hydrogens (tertiary/aromatic N) is 2. The van der Waals surface area contributed by atoms with Gasteiger partial charge in [-0.05, 0) is 57.8 Å². The van der Waals surface area contributed by atoms with Gasteiger partial charge in [-0.25, -0.2) is 4.79 Å². The summed E-state index contributed by atoms with van der Waals surface area (Å²) in [5, 5.41) is 17.7.